The van der Waals surface area contributed by atoms with Gasteiger partial charge in [0.2, 0.25) is 5.91 Å². The molecule has 0 radical (unpaired) electrons. The molecule has 92 valence electrons. The van der Waals surface area contributed by atoms with Crippen molar-refractivity contribution in [2.75, 3.05) is 23.1 Å². The first-order valence-corrected chi connectivity index (χ1v) is 6.35. The predicted molar refractivity (Wildman–Crippen MR) is 69.4 cm³/mol. The fourth-order valence-corrected chi connectivity index (χ4v) is 1.61. The predicted octanol–water partition coefficient (Wildman–Crippen LogP) is 1.66. The zero-order chi connectivity index (χ0) is 12.8. The van der Waals surface area contributed by atoms with E-state index in [1.54, 1.807) is 11.8 Å². The van der Waals surface area contributed by atoms with Crippen molar-refractivity contribution in [3.8, 4) is 0 Å². The molecule has 4 N–H and O–H groups in total. The number of nitrogens with two attached hydrogens (primary N) is 1. The molecule has 17 heavy (non-hydrogen) atoms. The number of carbonyl (C=O) groups excluding carboxylic acids is 1. The first kappa shape index (κ1) is 13.4. The van der Waals surface area contributed by atoms with Gasteiger partial charge in [0.05, 0.1) is 16.9 Å². The van der Waals surface area contributed by atoms with Crippen molar-refractivity contribution in [1.82, 2.24) is 0 Å². The summed E-state index contributed by atoms with van der Waals surface area (Å²) in [6.45, 7) is 0. The Morgan fingerprint density at radius 2 is 2.18 bits per heavy atom. The molecule has 0 saturated carbocycles. The SMILES string of the molecule is CSCCC(=O)Nc1ccc(C(=O)O)cc1N. The lowest BCUT2D eigenvalue weighted by atomic mass is 10.1. The van der Waals surface area contributed by atoms with Crippen LogP contribution in [0.25, 0.3) is 0 Å². The molecule has 0 atom stereocenters. The van der Waals surface area contributed by atoms with Gasteiger partial charge < -0.3 is 16.2 Å². The van der Waals surface area contributed by atoms with Crippen LogP contribution in [0.3, 0.4) is 0 Å². The van der Waals surface area contributed by atoms with E-state index in [0.717, 1.165) is 5.75 Å². The van der Waals surface area contributed by atoms with Crippen LogP contribution in [0.4, 0.5) is 11.4 Å². The maximum absolute atomic E-state index is 11.4. The third kappa shape index (κ3) is 3.99. The molecule has 0 heterocycles. The van der Waals surface area contributed by atoms with Crippen molar-refractivity contribution >= 4 is 35.0 Å². The highest BCUT2D eigenvalue weighted by molar-refractivity contribution is 7.98. The van der Waals surface area contributed by atoms with Gasteiger partial charge in [-0.05, 0) is 24.5 Å². The topological polar surface area (TPSA) is 92.4 Å². The summed E-state index contributed by atoms with van der Waals surface area (Å²) >= 11 is 1.58. The quantitative estimate of drug-likeness (QED) is 0.695. The van der Waals surface area contributed by atoms with Gasteiger partial charge in [-0.3, -0.25) is 4.79 Å². The van der Waals surface area contributed by atoms with Gasteiger partial charge in [0.15, 0.2) is 0 Å². The van der Waals surface area contributed by atoms with Gasteiger partial charge in [0, 0.05) is 12.2 Å². The van der Waals surface area contributed by atoms with Crippen LogP contribution in [0.5, 0.6) is 0 Å². The highest BCUT2D eigenvalue weighted by atomic mass is 32.2. The molecule has 1 rings (SSSR count). The third-order valence-electron chi connectivity index (χ3n) is 2.11. The molecule has 0 aliphatic heterocycles. The molecule has 0 saturated heterocycles. The van der Waals surface area contributed by atoms with E-state index < -0.39 is 5.97 Å². The van der Waals surface area contributed by atoms with Crippen LogP contribution in [0, 0.1) is 0 Å². The molecule has 0 unspecified atom stereocenters. The zero-order valence-electron chi connectivity index (χ0n) is 9.40. The monoisotopic (exact) mass is 254 g/mol. The van der Waals surface area contributed by atoms with Crippen LogP contribution in [0.2, 0.25) is 0 Å². The van der Waals surface area contributed by atoms with Gasteiger partial charge in [0.1, 0.15) is 0 Å². The second-order valence-corrected chi connectivity index (χ2v) is 4.38. The van der Waals surface area contributed by atoms with Crippen LogP contribution in [-0.4, -0.2) is 29.0 Å². The van der Waals surface area contributed by atoms with E-state index in [9.17, 15) is 9.59 Å². The lowest BCUT2D eigenvalue weighted by Crippen LogP contribution is -2.13. The number of carboxylic acid groups (broad SMARTS) is 1. The smallest absolute Gasteiger partial charge is 0.335 e. The van der Waals surface area contributed by atoms with Crippen LogP contribution in [-0.2, 0) is 4.79 Å². The maximum atomic E-state index is 11.4. The normalized spacial score (nSPS) is 9.94. The first-order valence-electron chi connectivity index (χ1n) is 4.96. The van der Waals surface area contributed by atoms with E-state index in [1.165, 1.54) is 18.2 Å². The molecule has 0 bridgehead atoms. The highest BCUT2D eigenvalue weighted by Gasteiger charge is 2.08. The summed E-state index contributed by atoms with van der Waals surface area (Å²) in [4.78, 5) is 22.1. The number of amides is 1. The molecular formula is C11H14N2O3S. The number of carbonyl (C=O) groups is 2. The number of hydrogen-bond donors (Lipinski definition) is 3. The van der Waals surface area contributed by atoms with Gasteiger partial charge >= 0.3 is 5.97 Å². The summed E-state index contributed by atoms with van der Waals surface area (Å²) in [7, 11) is 0. The average Bonchev–Trinajstić information content (AvgIpc) is 2.28. The van der Waals surface area contributed by atoms with Crippen molar-refractivity contribution in [2.24, 2.45) is 0 Å². The van der Waals surface area contributed by atoms with E-state index >= 15 is 0 Å². The summed E-state index contributed by atoms with van der Waals surface area (Å²) in [5.74, 6) is -0.440. The second-order valence-electron chi connectivity index (χ2n) is 3.40. The van der Waals surface area contributed by atoms with E-state index in [1.807, 2.05) is 6.26 Å². The third-order valence-corrected chi connectivity index (χ3v) is 2.72. The Morgan fingerprint density at radius 3 is 2.71 bits per heavy atom. The van der Waals surface area contributed by atoms with Gasteiger partial charge in [-0.25, -0.2) is 4.79 Å². The van der Waals surface area contributed by atoms with E-state index in [2.05, 4.69) is 5.32 Å². The Bertz CT molecular complexity index is 435. The summed E-state index contributed by atoms with van der Waals surface area (Å²) in [6, 6.07) is 4.23. The highest BCUT2D eigenvalue weighted by Crippen LogP contribution is 2.20. The lowest BCUT2D eigenvalue weighted by molar-refractivity contribution is -0.115. The molecule has 0 fully saturated rings. The standard InChI is InChI=1S/C11H14N2O3S/c1-17-5-4-10(14)13-9-3-2-7(11(15)16)6-8(9)12/h2-3,6H,4-5,12H2,1H3,(H,13,14)(H,15,16). The minimum absolute atomic E-state index is 0.101. The minimum Gasteiger partial charge on any atom is -0.478 e. The Balaban J connectivity index is 2.72. The Labute approximate surface area is 103 Å². The number of benzene rings is 1. The number of thioether (sulfide) groups is 1. The number of anilines is 2. The molecule has 0 aromatic heterocycles. The molecule has 0 aliphatic rings. The summed E-state index contributed by atoms with van der Waals surface area (Å²) in [5, 5.41) is 11.4. The van der Waals surface area contributed by atoms with E-state index in [-0.39, 0.29) is 17.2 Å². The van der Waals surface area contributed by atoms with Crippen LogP contribution < -0.4 is 11.1 Å². The first-order chi connectivity index (χ1) is 8.04. The van der Waals surface area contributed by atoms with Gasteiger partial charge in [0.25, 0.3) is 0 Å². The second kappa shape index (κ2) is 6.15. The Morgan fingerprint density at radius 1 is 1.47 bits per heavy atom. The summed E-state index contributed by atoms with van der Waals surface area (Å²) in [5.41, 5.74) is 6.45. The van der Waals surface area contributed by atoms with Crippen molar-refractivity contribution in [3.63, 3.8) is 0 Å². The van der Waals surface area contributed by atoms with Crippen LogP contribution in [0.1, 0.15) is 16.8 Å². The van der Waals surface area contributed by atoms with Crippen molar-refractivity contribution < 1.29 is 14.7 Å². The van der Waals surface area contributed by atoms with Crippen molar-refractivity contribution in [2.45, 2.75) is 6.42 Å². The lowest BCUT2D eigenvalue weighted by Gasteiger charge is -2.08. The summed E-state index contributed by atoms with van der Waals surface area (Å²) in [6.07, 6.45) is 2.32. The molecule has 0 aliphatic carbocycles. The molecule has 1 aromatic rings. The maximum Gasteiger partial charge on any atom is 0.335 e. The Kier molecular flexibility index (Phi) is 4.84. The van der Waals surface area contributed by atoms with Gasteiger partial charge in [-0.15, -0.1) is 0 Å². The van der Waals surface area contributed by atoms with Crippen LogP contribution in [0.15, 0.2) is 18.2 Å². The van der Waals surface area contributed by atoms with Crippen LogP contribution >= 0.6 is 11.8 Å². The molecule has 1 aromatic carbocycles. The number of hydrogen-bond acceptors (Lipinski definition) is 4. The number of nitrogens with one attached hydrogen (secondary N) is 1. The van der Waals surface area contributed by atoms with E-state index in [4.69, 9.17) is 10.8 Å². The molecular weight excluding hydrogens is 240 g/mol. The average molecular weight is 254 g/mol. The minimum atomic E-state index is -1.04. The fraction of sp³-hybridized carbons (Fsp3) is 0.273. The Hall–Kier alpha value is -1.69. The number of aromatic carboxylic acids is 1. The molecule has 5 nitrogen and oxygen atoms in total. The van der Waals surface area contributed by atoms with Crippen molar-refractivity contribution in [3.05, 3.63) is 23.8 Å². The largest absolute Gasteiger partial charge is 0.478 e. The number of nitrogen functional groups attached to an aromatic ring is 1. The van der Waals surface area contributed by atoms with Gasteiger partial charge in [-0.1, -0.05) is 0 Å². The molecule has 0 spiro atoms. The van der Waals surface area contributed by atoms with Crippen molar-refractivity contribution in [1.29, 1.82) is 0 Å². The van der Waals surface area contributed by atoms with Gasteiger partial charge in [-0.2, -0.15) is 11.8 Å². The van der Waals surface area contributed by atoms with E-state index in [0.29, 0.717) is 12.1 Å². The fourth-order valence-electron chi connectivity index (χ4n) is 1.22. The number of carboxylic acids is 1. The zero-order valence-corrected chi connectivity index (χ0v) is 10.2. The molecule has 1 amide bonds. The summed E-state index contributed by atoms with van der Waals surface area (Å²) < 4.78 is 0. The molecule has 6 heteroatoms. The number of rotatable bonds is 5.